The van der Waals surface area contributed by atoms with Gasteiger partial charge in [-0.3, -0.25) is 9.59 Å². The number of ketones is 1. The molecule has 0 spiro atoms. The fourth-order valence-electron chi connectivity index (χ4n) is 2.28. The summed E-state index contributed by atoms with van der Waals surface area (Å²) < 4.78 is 14.9. The second-order valence-corrected chi connectivity index (χ2v) is 5.18. The zero-order chi connectivity index (χ0) is 18.2. The number of esters is 1. The van der Waals surface area contributed by atoms with Gasteiger partial charge in [-0.25, -0.2) is 0 Å². The zero-order valence-corrected chi connectivity index (χ0v) is 14.4. The van der Waals surface area contributed by atoms with Gasteiger partial charge in [-0.1, -0.05) is 18.2 Å². The van der Waals surface area contributed by atoms with Gasteiger partial charge in [0.25, 0.3) is 0 Å². The number of carbonyl (C=O) groups is 2. The Bertz CT molecular complexity index is 758. The van der Waals surface area contributed by atoms with Crippen LogP contribution >= 0.6 is 0 Å². The SMILES string of the molecule is COC(=O)C/C=C(/C(=O)c1ccc(OC)cc1)c1ccc(OC)cc1. The second-order valence-electron chi connectivity index (χ2n) is 5.18. The Hall–Kier alpha value is -3.08. The third kappa shape index (κ3) is 4.70. The van der Waals surface area contributed by atoms with Gasteiger partial charge >= 0.3 is 5.97 Å². The van der Waals surface area contributed by atoms with Crippen molar-refractivity contribution in [2.24, 2.45) is 0 Å². The molecule has 0 bridgehead atoms. The highest BCUT2D eigenvalue weighted by molar-refractivity contribution is 6.29. The summed E-state index contributed by atoms with van der Waals surface area (Å²) in [6.45, 7) is 0. The second kappa shape index (κ2) is 8.68. The summed E-state index contributed by atoms with van der Waals surface area (Å²) in [5.74, 6) is 0.763. The van der Waals surface area contributed by atoms with E-state index in [4.69, 9.17) is 9.47 Å². The fraction of sp³-hybridized carbons (Fsp3) is 0.200. The van der Waals surface area contributed by atoms with Crippen LogP contribution < -0.4 is 9.47 Å². The number of carbonyl (C=O) groups excluding carboxylic acids is 2. The van der Waals surface area contributed by atoms with E-state index in [-0.39, 0.29) is 12.2 Å². The first-order valence-electron chi connectivity index (χ1n) is 7.69. The maximum atomic E-state index is 12.9. The lowest BCUT2D eigenvalue weighted by molar-refractivity contribution is -0.139. The van der Waals surface area contributed by atoms with Gasteiger partial charge in [0, 0.05) is 11.1 Å². The van der Waals surface area contributed by atoms with Crippen LogP contribution in [-0.2, 0) is 9.53 Å². The van der Waals surface area contributed by atoms with Crippen LogP contribution in [-0.4, -0.2) is 33.1 Å². The highest BCUT2D eigenvalue weighted by atomic mass is 16.5. The van der Waals surface area contributed by atoms with Gasteiger partial charge in [0.2, 0.25) is 0 Å². The zero-order valence-electron chi connectivity index (χ0n) is 14.4. The Kier molecular flexibility index (Phi) is 6.34. The van der Waals surface area contributed by atoms with E-state index in [1.54, 1.807) is 68.8 Å². The lowest BCUT2D eigenvalue weighted by atomic mass is 9.95. The molecule has 0 atom stereocenters. The van der Waals surface area contributed by atoms with Gasteiger partial charge in [-0.05, 0) is 42.0 Å². The van der Waals surface area contributed by atoms with Crippen LogP contribution in [0.1, 0.15) is 22.3 Å². The molecule has 0 saturated carbocycles. The molecule has 130 valence electrons. The summed E-state index contributed by atoms with van der Waals surface area (Å²) in [6, 6.07) is 13.9. The van der Waals surface area contributed by atoms with Crippen LogP contribution in [0.5, 0.6) is 11.5 Å². The summed E-state index contributed by atoms with van der Waals surface area (Å²) in [5, 5.41) is 0. The molecule has 0 heterocycles. The smallest absolute Gasteiger partial charge is 0.309 e. The molecule has 2 rings (SSSR count). The van der Waals surface area contributed by atoms with E-state index in [0.717, 1.165) is 0 Å². The van der Waals surface area contributed by atoms with Crippen LogP contribution in [0.2, 0.25) is 0 Å². The molecule has 0 radical (unpaired) electrons. The molecular formula is C20H20O5. The van der Waals surface area contributed by atoms with E-state index in [0.29, 0.717) is 28.2 Å². The van der Waals surface area contributed by atoms with Crippen molar-refractivity contribution in [3.8, 4) is 11.5 Å². The molecule has 2 aromatic carbocycles. The predicted octanol–water partition coefficient (Wildman–Crippen LogP) is 3.53. The minimum atomic E-state index is -0.409. The van der Waals surface area contributed by atoms with Crippen LogP contribution in [0, 0.1) is 0 Å². The minimum absolute atomic E-state index is 0.0136. The van der Waals surface area contributed by atoms with Crippen LogP contribution in [0.25, 0.3) is 5.57 Å². The quantitative estimate of drug-likeness (QED) is 0.438. The molecule has 5 nitrogen and oxygen atoms in total. The number of hydrogen-bond donors (Lipinski definition) is 0. The number of hydrogen-bond acceptors (Lipinski definition) is 5. The molecule has 0 aromatic heterocycles. The van der Waals surface area contributed by atoms with E-state index >= 15 is 0 Å². The fourth-order valence-corrected chi connectivity index (χ4v) is 2.28. The molecule has 2 aromatic rings. The van der Waals surface area contributed by atoms with Gasteiger partial charge in [-0.2, -0.15) is 0 Å². The minimum Gasteiger partial charge on any atom is -0.497 e. The Morgan fingerprint density at radius 3 is 1.72 bits per heavy atom. The number of allylic oxidation sites excluding steroid dienone is 1. The molecule has 0 N–H and O–H groups in total. The Morgan fingerprint density at radius 2 is 1.28 bits per heavy atom. The van der Waals surface area contributed by atoms with E-state index < -0.39 is 5.97 Å². The summed E-state index contributed by atoms with van der Waals surface area (Å²) in [4.78, 5) is 24.4. The Labute approximate surface area is 146 Å². The van der Waals surface area contributed by atoms with E-state index in [9.17, 15) is 9.59 Å². The highest BCUT2D eigenvalue weighted by Crippen LogP contribution is 2.24. The molecular weight excluding hydrogens is 320 g/mol. The highest BCUT2D eigenvalue weighted by Gasteiger charge is 2.15. The van der Waals surface area contributed by atoms with Crippen molar-refractivity contribution < 1.29 is 23.8 Å². The van der Waals surface area contributed by atoms with Crippen molar-refractivity contribution in [1.82, 2.24) is 0 Å². The first kappa shape index (κ1) is 18.3. The van der Waals surface area contributed by atoms with Crippen LogP contribution in [0.15, 0.2) is 54.6 Å². The molecule has 0 unspecified atom stereocenters. The number of rotatable bonds is 7. The molecule has 0 aliphatic rings. The topological polar surface area (TPSA) is 61.8 Å². The Balaban J connectivity index is 2.37. The molecule has 25 heavy (non-hydrogen) atoms. The van der Waals surface area contributed by atoms with Gasteiger partial charge in [0.15, 0.2) is 5.78 Å². The number of ether oxygens (including phenoxy) is 3. The van der Waals surface area contributed by atoms with E-state index in [1.807, 2.05) is 0 Å². The third-order valence-electron chi connectivity index (χ3n) is 3.70. The average molecular weight is 340 g/mol. The van der Waals surface area contributed by atoms with Crippen molar-refractivity contribution in [1.29, 1.82) is 0 Å². The number of methoxy groups -OCH3 is 3. The van der Waals surface area contributed by atoms with Crippen molar-refractivity contribution in [2.75, 3.05) is 21.3 Å². The average Bonchev–Trinajstić information content (AvgIpc) is 2.68. The summed E-state index contributed by atoms with van der Waals surface area (Å²) in [7, 11) is 4.45. The van der Waals surface area contributed by atoms with Gasteiger partial charge < -0.3 is 14.2 Å². The Morgan fingerprint density at radius 1 is 0.800 bits per heavy atom. The third-order valence-corrected chi connectivity index (χ3v) is 3.70. The van der Waals surface area contributed by atoms with Crippen molar-refractivity contribution in [2.45, 2.75) is 6.42 Å². The lowest BCUT2D eigenvalue weighted by Gasteiger charge is -2.09. The molecule has 5 heteroatoms. The number of Topliss-reactive ketones (excluding diaryl/α,β-unsaturated/α-hetero) is 1. The van der Waals surface area contributed by atoms with Crippen LogP contribution in [0.3, 0.4) is 0 Å². The van der Waals surface area contributed by atoms with E-state index in [2.05, 4.69) is 4.74 Å². The van der Waals surface area contributed by atoms with Gasteiger partial charge in [-0.15, -0.1) is 0 Å². The van der Waals surface area contributed by atoms with Crippen molar-refractivity contribution in [3.63, 3.8) is 0 Å². The lowest BCUT2D eigenvalue weighted by Crippen LogP contribution is -2.05. The maximum Gasteiger partial charge on any atom is 0.309 e. The van der Waals surface area contributed by atoms with Crippen LogP contribution in [0.4, 0.5) is 0 Å². The molecule has 0 fully saturated rings. The summed E-state index contributed by atoms with van der Waals surface area (Å²) in [6.07, 6.45) is 1.60. The monoisotopic (exact) mass is 340 g/mol. The first-order valence-corrected chi connectivity index (χ1v) is 7.69. The molecule has 0 aliphatic carbocycles. The summed E-state index contributed by atoms with van der Waals surface area (Å²) >= 11 is 0. The standard InChI is InChI=1S/C20H20O5/c1-23-16-8-4-14(5-9-16)18(12-13-19(21)25-3)20(22)15-6-10-17(24-2)11-7-15/h4-12H,13H2,1-3H3/b18-12+. The molecule has 0 amide bonds. The molecule has 0 saturated heterocycles. The maximum absolute atomic E-state index is 12.9. The number of benzene rings is 2. The molecule has 0 aliphatic heterocycles. The van der Waals surface area contributed by atoms with Crippen molar-refractivity contribution >= 4 is 17.3 Å². The predicted molar refractivity (Wildman–Crippen MR) is 94.9 cm³/mol. The first-order chi connectivity index (χ1) is 12.1. The van der Waals surface area contributed by atoms with Gasteiger partial charge in [0.1, 0.15) is 11.5 Å². The van der Waals surface area contributed by atoms with Gasteiger partial charge in [0.05, 0.1) is 27.8 Å². The van der Waals surface area contributed by atoms with E-state index in [1.165, 1.54) is 7.11 Å². The largest absolute Gasteiger partial charge is 0.497 e. The van der Waals surface area contributed by atoms with Crippen molar-refractivity contribution in [3.05, 3.63) is 65.7 Å². The summed E-state index contributed by atoms with van der Waals surface area (Å²) in [5.41, 5.74) is 1.64. The normalized spacial score (nSPS) is 10.9.